The fourth-order valence-electron chi connectivity index (χ4n) is 1.77. The molecule has 1 heterocycles. The fraction of sp³-hybridized carbons (Fsp3) is 0.0769. The predicted octanol–water partition coefficient (Wildman–Crippen LogP) is 1.64. The van der Waals surface area contributed by atoms with E-state index in [1.807, 2.05) is 12.1 Å². The monoisotopic (exact) mass is 229 g/mol. The largest absolute Gasteiger partial charge is 0.478 e. The lowest BCUT2D eigenvalue weighted by Crippen LogP contribution is -2.15. The predicted molar refractivity (Wildman–Crippen MR) is 65.9 cm³/mol. The Labute approximate surface area is 97.4 Å². The summed E-state index contributed by atoms with van der Waals surface area (Å²) in [6.07, 6.45) is 1.50. The van der Waals surface area contributed by atoms with Gasteiger partial charge in [0.05, 0.1) is 16.7 Å². The Morgan fingerprint density at radius 3 is 2.65 bits per heavy atom. The van der Waals surface area contributed by atoms with Crippen LogP contribution in [0.25, 0.3) is 16.5 Å². The van der Waals surface area contributed by atoms with Crippen molar-refractivity contribution in [2.75, 3.05) is 0 Å². The SMILES string of the molecule is C=C(C(=O)O)c1cn(C)c2ccccc2c1=O. The van der Waals surface area contributed by atoms with Crippen LogP contribution in [0.4, 0.5) is 0 Å². The highest BCUT2D eigenvalue weighted by molar-refractivity contribution is 6.14. The Morgan fingerprint density at radius 2 is 2.00 bits per heavy atom. The lowest BCUT2D eigenvalue weighted by atomic mass is 10.1. The summed E-state index contributed by atoms with van der Waals surface area (Å²) < 4.78 is 1.72. The second-order valence-corrected chi connectivity index (χ2v) is 3.78. The number of rotatable bonds is 2. The number of benzene rings is 1. The molecule has 0 aliphatic carbocycles. The van der Waals surface area contributed by atoms with E-state index in [4.69, 9.17) is 5.11 Å². The van der Waals surface area contributed by atoms with Gasteiger partial charge in [-0.2, -0.15) is 0 Å². The maximum absolute atomic E-state index is 12.1. The van der Waals surface area contributed by atoms with E-state index in [1.165, 1.54) is 6.20 Å². The highest BCUT2D eigenvalue weighted by atomic mass is 16.4. The van der Waals surface area contributed by atoms with Gasteiger partial charge in [0.25, 0.3) is 0 Å². The molecule has 0 spiro atoms. The number of carboxylic acids is 1. The third-order valence-electron chi connectivity index (χ3n) is 2.68. The molecule has 1 aromatic heterocycles. The molecule has 2 rings (SSSR count). The summed E-state index contributed by atoms with van der Waals surface area (Å²) in [5.74, 6) is -1.18. The maximum Gasteiger partial charge on any atom is 0.335 e. The minimum atomic E-state index is -1.18. The van der Waals surface area contributed by atoms with Crippen molar-refractivity contribution < 1.29 is 9.90 Å². The summed E-state index contributed by atoms with van der Waals surface area (Å²) in [6, 6.07) is 7.06. The summed E-state index contributed by atoms with van der Waals surface area (Å²) in [6.45, 7) is 3.42. The minimum Gasteiger partial charge on any atom is -0.478 e. The number of para-hydroxylation sites is 1. The minimum absolute atomic E-state index is 0.124. The molecule has 86 valence electrons. The maximum atomic E-state index is 12.1. The number of carbonyl (C=O) groups is 1. The number of carboxylic acid groups (broad SMARTS) is 1. The lowest BCUT2D eigenvalue weighted by molar-refractivity contribution is -0.130. The lowest BCUT2D eigenvalue weighted by Gasteiger charge is -2.08. The molecule has 2 aromatic rings. The zero-order valence-electron chi connectivity index (χ0n) is 9.30. The Hall–Kier alpha value is -2.36. The van der Waals surface area contributed by atoms with Gasteiger partial charge in [-0.05, 0) is 12.1 Å². The number of hydrogen-bond acceptors (Lipinski definition) is 2. The van der Waals surface area contributed by atoms with E-state index >= 15 is 0 Å². The van der Waals surface area contributed by atoms with E-state index in [0.29, 0.717) is 5.39 Å². The second-order valence-electron chi connectivity index (χ2n) is 3.78. The molecule has 17 heavy (non-hydrogen) atoms. The van der Waals surface area contributed by atoms with E-state index < -0.39 is 5.97 Å². The average molecular weight is 229 g/mol. The second kappa shape index (κ2) is 3.90. The molecule has 0 aliphatic rings. The van der Waals surface area contributed by atoms with Crippen molar-refractivity contribution >= 4 is 22.4 Å². The molecule has 0 saturated heterocycles. The molecule has 0 radical (unpaired) electrons. The molecule has 1 N–H and O–H groups in total. The van der Waals surface area contributed by atoms with E-state index in [9.17, 15) is 9.59 Å². The first-order chi connectivity index (χ1) is 8.02. The van der Waals surface area contributed by atoms with Gasteiger partial charge in [-0.15, -0.1) is 0 Å². The standard InChI is InChI=1S/C13H11NO3/c1-8(13(16)17)10-7-14(2)11-6-4-3-5-9(11)12(10)15/h3-7H,1H2,2H3,(H,16,17). The van der Waals surface area contributed by atoms with Crippen molar-refractivity contribution in [2.24, 2.45) is 7.05 Å². The number of aromatic nitrogens is 1. The molecule has 0 saturated carbocycles. The van der Waals surface area contributed by atoms with Gasteiger partial charge >= 0.3 is 5.97 Å². The number of aliphatic carboxylic acids is 1. The third-order valence-corrected chi connectivity index (χ3v) is 2.68. The van der Waals surface area contributed by atoms with Crippen LogP contribution in [-0.2, 0) is 11.8 Å². The van der Waals surface area contributed by atoms with E-state index in [1.54, 1.807) is 23.7 Å². The van der Waals surface area contributed by atoms with Gasteiger partial charge < -0.3 is 9.67 Å². The molecule has 0 atom stereocenters. The van der Waals surface area contributed by atoms with E-state index in [0.717, 1.165) is 5.52 Å². The normalized spacial score (nSPS) is 10.4. The van der Waals surface area contributed by atoms with Crippen molar-refractivity contribution in [3.63, 3.8) is 0 Å². The van der Waals surface area contributed by atoms with Crippen LogP contribution >= 0.6 is 0 Å². The van der Waals surface area contributed by atoms with Gasteiger partial charge in [-0.3, -0.25) is 4.79 Å². The van der Waals surface area contributed by atoms with Crippen LogP contribution in [0.15, 0.2) is 41.8 Å². The van der Waals surface area contributed by atoms with Gasteiger partial charge in [0.15, 0.2) is 5.43 Å². The van der Waals surface area contributed by atoms with Crippen LogP contribution in [0.2, 0.25) is 0 Å². The molecule has 1 aromatic carbocycles. The zero-order chi connectivity index (χ0) is 12.6. The number of hydrogen-bond donors (Lipinski definition) is 1. The first-order valence-corrected chi connectivity index (χ1v) is 5.03. The van der Waals surface area contributed by atoms with Crippen molar-refractivity contribution in [2.45, 2.75) is 0 Å². The molecule has 0 amide bonds. The smallest absolute Gasteiger partial charge is 0.335 e. The van der Waals surface area contributed by atoms with E-state index in [-0.39, 0.29) is 16.6 Å². The summed E-state index contributed by atoms with van der Waals surface area (Å²) in [5.41, 5.74) is 0.403. The van der Waals surface area contributed by atoms with Gasteiger partial charge in [0, 0.05) is 18.6 Å². The molecule has 0 unspecified atom stereocenters. The summed E-state index contributed by atoms with van der Waals surface area (Å²) in [7, 11) is 1.76. The number of fused-ring (bicyclic) bond motifs is 1. The first kappa shape index (κ1) is 11.1. The Balaban J connectivity index is 2.85. The summed E-state index contributed by atoms with van der Waals surface area (Å²) >= 11 is 0. The molecule has 0 aliphatic heterocycles. The van der Waals surface area contributed by atoms with Crippen LogP contribution in [-0.4, -0.2) is 15.6 Å². The molecule has 0 fully saturated rings. The van der Waals surface area contributed by atoms with Crippen LogP contribution in [0.3, 0.4) is 0 Å². The highest BCUT2D eigenvalue weighted by Crippen LogP contribution is 2.14. The van der Waals surface area contributed by atoms with Crippen molar-refractivity contribution in [3.8, 4) is 0 Å². The highest BCUT2D eigenvalue weighted by Gasteiger charge is 2.14. The zero-order valence-corrected chi connectivity index (χ0v) is 9.30. The molecule has 4 nitrogen and oxygen atoms in total. The molecule has 0 bridgehead atoms. The quantitative estimate of drug-likeness (QED) is 0.796. The number of pyridine rings is 1. The Kier molecular flexibility index (Phi) is 2.55. The van der Waals surface area contributed by atoms with Gasteiger partial charge in [0.1, 0.15) is 0 Å². The first-order valence-electron chi connectivity index (χ1n) is 5.03. The third kappa shape index (κ3) is 1.73. The van der Waals surface area contributed by atoms with E-state index in [2.05, 4.69) is 6.58 Å². The van der Waals surface area contributed by atoms with Crippen molar-refractivity contribution in [1.82, 2.24) is 4.57 Å². The Bertz CT molecular complexity index is 683. The summed E-state index contributed by atoms with van der Waals surface area (Å²) in [5, 5.41) is 9.37. The van der Waals surface area contributed by atoms with Crippen LogP contribution in [0, 0.1) is 0 Å². The molecule has 4 heteroatoms. The topological polar surface area (TPSA) is 59.3 Å². The average Bonchev–Trinajstić information content (AvgIpc) is 2.33. The van der Waals surface area contributed by atoms with Gasteiger partial charge in [-0.25, -0.2) is 4.79 Å². The molecular weight excluding hydrogens is 218 g/mol. The molecular formula is C13H11NO3. The number of aryl methyl sites for hydroxylation is 1. The van der Waals surface area contributed by atoms with Crippen LogP contribution in [0.1, 0.15) is 5.56 Å². The van der Waals surface area contributed by atoms with Crippen LogP contribution in [0.5, 0.6) is 0 Å². The van der Waals surface area contributed by atoms with Gasteiger partial charge in [-0.1, -0.05) is 18.7 Å². The van der Waals surface area contributed by atoms with Crippen LogP contribution < -0.4 is 5.43 Å². The van der Waals surface area contributed by atoms with Gasteiger partial charge in [0.2, 0.25) is 0 Å². The van der Waals surface area contributed by atoms with Crippen molar-refractivity contribution in [1.29, 1.82) is 0 Å². The Morgan fingerprint density at radius 1 is 1.35 bits per heavy atom. The number of nitrogens with zero attached hydrogens (tertiary/aromatic N) is 1. The summed E-state index contributed by atoms with van der Waals surface area (Å²) in [4.78, 5) is 22.9. The fourth-order valence-corrected chi connectivity index (χ4v) is 1.77. The van der Waals surface area contributed by atoms with Crippen molar-refractivity contribution in [3.05, 3.63) is 52.8 Å².